The third kappa shape index (κ3) is 4.92. The minimum atomic E-state index is -0.220. The molecule has 0 spiro atoms. The summed E-state index contributed by atoms with van der Waals surface area (Å²) in [7, 11) is 0. The minimum Gasteiger partial charge on any atom is -0.334 e. The largest absolute Gasteiger partial charge is 0.334 e. The molecule has 2 aromatic carbocycles. The highest BCUT2D eigenvalue weighted by molar-refractivity contribution is 7.98. The van der Waals surface area contributed by atoms with Gasteiger partial charge >= 0.3 is 6.03 Å². The molecule has 0 atom stereocenters. The fourth-order valence-corrected chi connectivity index (χ4v) is 3.40. The lowest BCUT2D eigenvalue weighted by Crippen LogP contribution is -2.28. The molecule has 0 radical (unpaired) electrons. The van der Waals surface area contributed by atoms with Crippen molar-refractivity contribution in [1.82, 2.24) is 15.1 Å². The molecule has 0 unspecified atom stereocenters. The standard InChI is InChI=1S/C21H24N4OS/c1-15-20(16(2)25(24-15)14-17-8-5-4-6-9-17)13-22-21(26)23-18-10-7-11-19(12-18)27-3/h4-12H,13-14H2,1-3H3,(H2,22,23,26). The second-order valence-electron chi connectivity index (χ2n) is 6.33. The molecule has 0 fully saturated rings. The molecule has 27 heavy (non-hydrogen) atoms. The maximum absolute atomic E-state index is 12.2. The molecule has 140 valence electrons. The Bertz CT molecular complexity index is 921. The molecule has 3 aromatic rings. The molecule has 0 bridgehead atoms. The van der Waals surface area contributed by atoms with E-state index in [1.165, 1.54) is 5.56 Å². The first-order valence-corrected chi connectivity index (χ1v) is 10.0. The van der Waals surface area contributed by atoms with Crippen LogP contribution in [0.5, 0.6) is 0 Å². The van der Waals surface area contributed by atoms with E-state index in [1.54, 1.807) is 11.8 Å². The Morgan fingerprint density at radius 1 is 1.11 bits per heavy atom. The van der Waals surface area contributed by atoms with E-state index in [0.29, 0.717) is 6.54 Å². The normalized spacial score (nSPS) is 10.6. The van der Waals surface area contributed by atoms with Gasteiger partial charge < -0.3 is 10.6 Å². The van der Waals surface area contributed by atoms with Gasteiger partial charge in [0.25, 0.3) is 0 Å². The van der Waals surface area contributed by atoms with Gasteiger partial charge in [-0.05, 0) is 43.9 Å². The Hall–Kier alpha value is -2.73. The van der Waals surface area contributed by atoms with Crippen LogP contribution in [0.1, 0.15) is 22.5 Å². The number of rotatable bonds is 6. The monoisotopic (exact) mass is 380 g/mol. The van der Waals surface area contributed by atoms with Crippen LogP contribution in [0.15, 0.2) is 59.5 Å². The second kappa shape index (κ2) is 8.77. The summed E-state index contributed by atoms with van der Waals surface area (Å²) in [5.74, 6) is 0. The van der Waals surface area contributed by atoms with E-state index >= 15 is 0 Å². The van der Waals surface area contributed by atoms with E-state index < -0.39 is 0 Å². The molecule has 0 aliphatic carbocycles. The third-order valence-electron chi connectivity index (χ3n) is 4.46. The van der Waals surface area contributed by atoms with Crippen LogP contribution in [-0.4, -0.2) is 22.1 Å². The van der Waals surface area contributed by atoms with Gasteiger partial charge in [-0.25, -0.2) is 4.79 Å². The quantitative estimate of drug-likeness (QED) is 0.615. The van der Waals surface area contributed by atoms with E-state index in [-0.39, 0.29) is 6.03 Å². The topological polar surface area (TPSA) is 59.0 Å². The highest BCUT2D eigenvalue weighted by atomic mass is 32.2. The molecule has 1 aromatic heterocycles. The van der Waals surface area contributed by atoms with E-state index in [4.69, 9.17) is 0 Å². The summed E-state index contributed by atoms with van der Waals surface area (Å²) in [5.41, 5.74) is 5.05. The fourth-order valence-electron chi connectivity index (χ4n) is 2.94. The lowest BCUT2D eigenvalue weighted by molar-refractivity contribution is 0.251. The first-order chi connectivity index (χ1) is 13.1. The van der Waals surface area contributed by atoms with Crippen LogP contribution in [0.25, 0.3) is 0 Å². The molecular weight excluding hydrogens is 356 g/mol. The van der Waals surface area contributed by atoms with Crippen molar-refractivity contribution in [2.24, 2.45) is 0 Å². The van der Waals surface area contributed by atoms with Crippen molar-refractivity contribution in [3.8, 4) is 0 Å². The van der Waals surface area contributed by atoms with Crippen LogP contribution < -0.4 is 10.6 Å². The molecule has 0 saturated heterocycles. The summed E-state index contributed by atoms with van der Waals surface area (Å²) in [5, 5.41) is 10.4. The fraction of sp³-hybridized carbons (Fsp3) is 0.238. The van der Waals surface area contributed by atoms with Gasteiger partial charge in [-0.3, -0.25) is 4.68 Å². The van der Waals surface area contributed by atoms with Gasteiger partial charge in [0.05, 0.1) is 12.2 Å². The van der Waals surface area contributed by atoms with Crippen LogP contribution in [0.4, 0.5) is 10.5 Å². The molecule has 2 N–H and O–H groups in total. The van der Waals surface area contributed by atoms with Gasteiger partial charge in [-0.2, -0.15) is 5.10 Å². The van der Waals surface area contributed by atoms with Gasteiger partial charge in [-0.1, -0.05) is 36.4 Å². The van der Waals surface area contributed by atoms with E-state index in [0.717, 1.165) is 34.1 Å². The highest BCUT2D eigenvalue weighted by Gasteiger charge is 2.13. The number of carbonyl (C=O) groups excluding carboxylic acids is 1. The number of hydrogen-bond acceptors (Lipinski definition) is 3. The SMILES string of the molecule is CSc1cccc(NC(=O)NCc2c(C)nn(Cc3ccccc3)c2C)c1. The summed E-state index contributed by atoms with van der Waals surface area (Å²) < 4.78 is 1.99. The lowest BCUT2D eigenvalue weighted by Gasteiger charge is -2.09. The van der Waals surface area contributed by atoms with Crippen molar-refractivity contribution >= 4 is 23.5 Å². The number of nitrogens with one attached hydrogen (secondary N) is 2. The number of nitrogens with zero attached hydrogens (tertiary/aromatic N) is 2. The summed E-state index contributed by atoms with van der Waals surface area (Å²) in [6.45, 7) is 5.19. The van der Waals surface area contributed by atoms with Gasteiger partial charge in [-0.15, -0.1) is 11.8 Å². The number of hydrogen-bond donors (Lipinski definition) is 2. The smallest absolute Gasteiger partial charge is 0.319 e. The van der Waals surface area contributed by atoms with Crippen LogP contribution in [0, 0.1) is 13.8 Å². The Morgan fingerprint density at radius 3 is 2.63 bits per heavy atom. The van der Waals surface area contributed by atoms with Crippen molar-refractivity contribution in [3.05, 3.63) is 77.1 Å². The molecular formula is C21H24N4OS. The summed E-state index contributed by atoms with van der Waals surface area (Å²) in [6, 6.07) is 17.8. The molecule has 5 nitrogen and oxygen atoms in total. The zero-order chi connectivity index (χ0) is 19.2. The third-order valence-corrected chi connectivity index (χ3v) is 5.19. The number of benzene rings is 2. The van der Waals surface area contributed by atoms with Crippen LogP contribution >= 0.6 is 11.8 Å². The van der Waals surface area contributed by atoms with Crippen LogP contribution in [-0.2, 0) is 13.1 Å². The summed E-state index contributed by atoms with van der Waals surface area (Å²) >= 11 is 1.64. The molecule has 2 amide bonds. The first-order valence-electron chi connectivity index (χ1n) is 8.82. The van der Waals surface area contributed by atoms with E-state index in [1.807, 2.05) is 67.2 Å². The zero-order valence-electron chi connectivity index (χ0n) is 15.8. The Labute approximate surface area is 164 Å². The maximum Gasteiger partial charge on any atom is 0.319 e. The van der Waals surface area contributed by atoms with Crippen molar-refractivity contribution in [3.63, 3.8) is 0 Å². The average Bonchev–Trinajstić information content (AvgIpc) is 2.94. The molecule has 0 aliphatic rings. The summed E-state index contributed by atoms with van der Waals surface area (Å²) in [4.78, 5) is 13.4. The van der Waals surface area contributed by atoms with Gasteiger partial charge in [0.2, 0.25) is 0 Å². The molecule has 0 aliphatic heterocycles. The van der Waals surface area contributed by atoms with Gasteiger partial charge in [0, 0.05) is 28.4 Å². The molecule has 6 heteroatoms. The first kappa shape index (κ1) is 19.0. The van der Waals surface area contributed by atoms with Crippen molar-refractivity contribution in [2.75, 3.05) is 11.6 Å². The van der Waals surface area contributed by atoms with Gasteiger partial charge in [0.15, 0.2) is 0 Å². The van der Waals surface area contributed by atoms with Crippen molar-refractivity contribution in [2.45, 2.75) is 31.8 Å². The molecule has 0 saturated carbocycles. The molecule has 1 heterocycles. The lowest BCUT2D eigenvalue weighted by atomic mass is 10.2. The van der Waals surface area contributed by atoms with E-state index in [2.05, 4.69) is 27.9 Å². The van der Waals surface area contributed by atoms with Crippen molar-refractivity contribution in [1.29, 1.82) is 0 Å². The van der Waals surface area contributed by atoms with Gasteiger partial charge in [0.1, 0.15) is 0 Å². The number of carbonyl (C=O) groups is 1. The Balaban J connectivity index is 1.63. The minimum absolute atomic E-state index is 0.220. The molecule has 3 rings (SSSR count). The second-order valence-corrected chi connectivity index (χ2v) is 7.21. The van der Waals surface area contributed by atoms with Crippen molar-refractivity contribution < 1.29 is 4.79 Å². The average molecular weight is 381 g/mol. The van der Waals surface area contributed by atoms with E-state index in [9.17, 15) is 4.79 Å². The Morgan fingerprint density at radius 2 is 1.89 bits per heavy atom. The van der Waals surface area contributed by atoms with Crippen LogP contribution in [0.3, 0.4) is 0 Å². The Kier molecular flexibility index (Phi) is 6.19. The summed E-state index contributed by atoms with van der Waals surface area (Å²) in [6.07, 6.45) is 2.01. The number of aryl methyl sites for hydroxylation is 1. The number of anilines is 1. The maximum atomic E-state index is 12.2. The number of aromatic nitrogens is 2. The predicted molar refractivity (Wildman–Crippen MR) is 111 cm³/mol. The zero-order valence-corrected chi connectivity index (χ0v) is 16.6. The highest BCUT2D eigenvalue weighted by Crippen LogP contribution is 2.19. The number of urea groups is 1. The van der Waals surface area contributed by atoms with Crippen LogP contribution in [0.2, 0.25) is 0 Å². The predicted octanol–water partition coefficient (Wildman–Crippen LogP) is 4.59. The number of thioether (sulfide) groups is 1. The number of amides is 2.